The second-order valence-electron chi connectivity index (χ2n) is 4.88. The molecule has 0 unspecified atom stereocenters. The zero-order chi connectivity index (χ0) is 17.4. The minimum absolute atomic E-state index is 0.189. The predicted molar refractivity (Wildman–Crippen MR) is 75.4 cm³/mol. The Hall–Kier alpha value is -3.08. The highest BCUT2D eigenvalue weighted by molar-refractivity contribution is 5.89. The van der Waals surface area contributed by atoms with Gasteiger partial charge in [-0.25, -0.2) is 9.18 Å². The van der Waals surface area contributed by atoms with Crippen LogP contribution in [0.2, 0.25) is 0 Å². The summed E-state index contributed by atoms with van der Waals surface area (Å²) in [6.45, 7) is 0. The van der Waals surface area contributed by atoms with Crippen LogP contribution in [0.3, 0.4) is 0 Å². The molecule has 1 aliphatic rings. The van der Waals surface area contributed by atoms with Gasteiger partial charge in [0.05, 0.1) is 5.69 Å². The van der Waals surface area contributed by atoms with Gasteiger partial charge >= 0.3 is 12.3 Å². The van der Waals surface area contributed by atoms with E-state index in [1.807, 2.05) is 5.92 Å². The first-order valence-electron chi connectivity index (χ1n) is 6.62. The summed E-state index contributed by atoms with van der Waals surface area (Å²) < 4.78 is 59.2. The summed E-state index contributed by atoms with van der Waals surface area (Å²) in [5.41, 5.74) is -3.92. The van der Waals surface area contributed by atoms with Crippen molar-refractivity contribution in [2.75, 3.05) is 5.32 Å². The molecule has 2 aromatic rings. The van der Waals surface area contributed by atoms with Crippen molar-refractivity contribution < 1.29 is 27.1 Å². The molecule has 0 bridgehead atoms. The van der Waals surface area contributed by atoms with E-state index in [1.54, 1.807) is 0 Å². The van der Waals surface area contributed by atoms with Crippen molar-refractivity contribution in [3.05, 3.63) is 59.7 Å². The molecule has 1 amide bonds. The molecule has 1 atom stereocenters. The molecule has 0 radical (unpaired) electrons. The third-order valence-electron chi connectivity index (χ3n) is 3.29. The Morgan fingerprint density at radius 1 is 1.25 bits per heavy atom. The van der Waals surface area contributed by atoms with Crippen molar-refractivity contribution in [1.82, 2.24) is 4.98 Å². The number of benzene rings is 1. The molecule has 122 valence electrons. The molecule has 1 aliphatic heterocycles. The van der Waals surface area contributed by atoms with Gasteiger partial charge in [0, 0.05) is 23.5 Å². The largest absolute Gasteiger partial charge is 0.445 e. The van der Waals surface area contributed by atoms with Gasteiger partial charge in [0.2, 0.25) is 0 Å². The van der Waals surface area contributed by atoms with Crippen LogP contribution in [-0.2, 0) is 10.3 Å². The topological polar surface area (TPSA) is 51.2 Å². The van der Waals surface area contributed by atoms with E-state index in [2.05, 4.69) is 21.0 Å². The summed E-state index contributed by atoms with van der Waals surface area (Å²) in [6.07, 6.45) is -3.72. The van der Waals surface area contributed by atoms with Crippen LogP contribution in [-0.4, -0.2) is 17.3 Å². The molecule has 1 aromatic carbocycles. The number of rotatable bonds is 0. The molecule has 24 heavy (non-hydrogen) atoms. The molecule has 0 saturated heterocycles. The number of nitrogens with zero attached hydrogens (tertiary/aromatic N) is 1. The Labute approximate surface area is 133 Å². The van der Waals surface area contributed by atoms with Crippen LogP contribution in [0.4, 0.5) is 28.0 Å². The van der Waals surface area contributed by atoms with Gasteiger partial charge in [0.15, 0.2) is 0 Å². The van der Waals surface area contributed by atoms with Gasteiger partial charge in [-0.05, 0) is 36.3 Å². The molecular weight excluding hydrogens is 328 g/mol. The standard InChI is InChI=1S/C16H8F4N2O2/c17-11-3-4-13-12(8-11)15(16(18,19)20,24-14(23)22-13)6-5-10-2-1-7-21-9-10/h1-4,7-9H,(H,22,23)/t15-/m0/s1. The zero-order valence-corrected chi connectivity index (χ0v) is 11.8. The van der Waals surface area contributed by atoms with E-state index in [9.17, 15) is 22.4 Å². The summed E-state index contributed by atoms with van der Waals surface area (Å²) in [7, 11) is 0. The first kappa shape index (κ1) is 15.8. The highest BCUT2D eigenvalue weighted by atomic mass is 19.4. The van der Waals surface area contributed by atoms with E-state index in [0.717, 1.165) is 12.1 Å². The number of nitrogens with one attached hydrogen (secondary N) is 1. The molecule has 0 saturated carbocycles. The van der Waals surface area contributed by atoms with Gasteiger partial charge < -0.3 is 4.74 Å². The average molecular weight is 336 g/mol. The van der Waals surface area contributed by atoms with E-state index >= 15 is 0 Å². The number of hydrogen-bond donors (Lipinski definition) is 1. The number of hydrogen-bond acceptors (Lipinski definition) is 3. The zero-order valence-electron chi connectivity index (χ0n) is 11.8. The number of carbonyl (C=O) groups excluding carboxylic acids is 1. The summed E-state index contributed by atoms with van der Waals surface area (Å²) in [4.78, 5) is 15.3. The quantitative estimate of drug-likeness (QED) is 0.591. The van der Waals surface area contributed by atoms with E-state index in [-0.39, 0.29) is 11.3 Å². The lowest BCUT2D eigenvalue weighted by Gasteiger charge is -2.35. The Morgan fingerprint density at radius 2 is 2.04 bits per heavy atom. The Bertz CT molecular complexity index is 856. The van der Waals surface area contributed by atoms with Gasteiger partial charge in [-0.1, -0.05) is 5.92 Å². The highest BCUT2D eigenvalue weighted by Gasteiger charge is 2.62. The summed E-state index contributed by atoms with van der Waals surface area (Å²) in [6, 6.07) is 5.53. The molecule has 1 N–H and O–H groups in total. The summed E-state index contributed by atoms with van der Waals surface area (Å²) in [5, 5.41) is 2.10. The molecule has 3 rings (SSSR count). The minimum atomic E-state index is -5.08. The number of amides is 1. The smallest absolute Gasteiger partial charge is 0.415 e. The van der Waals surface area contributed by atoms with Crippen molar-refractivity contribution in [2.24, 2.45) is 0 Å². The van der Waals surface area contributed by atoms with E-state index in [0.29, 0.717) is 6.07 Å². The SMILES string of the molecule is O=C1Nc2ccc(F)cc2[C@@](C#Cc2cccnc2)(C(F)(F)F)O1. The Kier molecular flexibility index (Phi) is 3.64. The highest BCUT2D eigenvalue weighted by Crippen LogP contribution is 2.47. The Morgan fingerprint density at radius 3 is 2.71 bits per heavy atom. The molecule has 4 nitrogen and oxygen atoms in total. The first-order chi connectivity index (χ1) is 11.3. The molecule has 2 heterocycles. The van der Waals surface area contributed by atoms with Crippen molar-refractivity contribution in [2.45, 2.75) is 11.8 Å². The lowest BCUT2D eigenvalue weighted by atomic mass is 9.90. The fourth-order valence-corrected chi connectivity index (χ4v) is 2.22. The van der Waals surface area contributed by atoms with E-state index in [4.69, 9.17) is 0 Å². The monoisotopic (exact) mass is 336 g/mol. The number of halogens is 4. The molecule has 0 fully saturated rings. The van der Waals surface area contributed by atoms with Crippen LogP contribution in [0.25, 0.3) is 0 Å². The maximum Gasteiger partial charge on any atom is 0.445 e. The molecule has 8 heteroatoms. The van der Waals surface area contributed by atoms with Crippen LogP contribution < -0.4 is 5.32 Å². The fraction of sp³-hybridized carbons (Fsp3) is 0.125. The van der Waals surface area contributed by atoms with Crippen molar-refractivity contribution in [3.63, 3.8) is 0 Å². The maximum absolute atomic E-state index is 13.7. The van der Waals surface area contributed by atoms with Gasteiger partial charge in [-0.3, -0.25) is 10.3 Å². The third-order valence-corrected chi connectivity index (χ3v) is 3.29. The molecular formula is C16H8F4N2O2. The molecule has 1 aromatic heterocycles. The van der Waals surface area contributed by atoms with Crippen LogP contribution in [0.1, 0.15) is 11.1 Å². The number of anilines is 1. The number of cyclic esters (lactones) is 1. The minimum Gasteiger partial charge on any atom is -0.415 e. The molecule has 0 spiro atoms. The summed E-state index contributed by atoms with van der Waals surface area (Å²) >= 11 is 0. The van der Waals surface area contributed by atoms with Crippen LogP contribution in [0.15, 0.2) is 42.7 Å². The van der Waals surface area contributed by atoms with Crippen LogP contribution >= 0.6 is 0 Å². The van der Waals surface area contributed by atoms with Gasteiger partial charge in [-0.15, -0.1) is 0 Å². The number of pyridine rings is 1. The van der Waals surface area contributed by atoms with E-state index < -0.39 is 29.3 Å². The van der Waals surface area contributed by atoms with E-state index in [1.165, 1.54) is 24.5 Å². The summed E-state index contributed by atoms with van der Waals surface area (Å²) in [5.74, 6) is 3.31. The number of aromatic nitrogens is 1. The fourth-order valence-electron chi connectivity index (χ4n) is 2.22. The molecule has 0 aliphatic carbocycles. The lowest BCUT2D eigenvalue weighted by molar-refractivity contribution is -0.239. The number of carbonyl (C=O) groups is 1. The lowest BCUT2D eigenvalue weighted by Crippen LogP contribution is -2.49. The normalized spacial score (nSPS) is 19.4. The van der Waals surface area contributed by atoms with Gasteiger partial charge in [-0.2, -0.15) is 13.2 Å². The second-order valence-corrected chi connectivity index (χ2v) is 4.88. The third kappa shape index (κ3) is 2.65. The van der Waals surface area contributed by atoms with Crippen molar-refractivity contribution >= 4 is 11.8 Å². The number of ether oxygens (including phenoxy) is 1. The van der Waals surface area contributed by atoms with Gasteiger partial charge in [0.1, 0.15) is 5.82 Å². The van der Waals surface area contributed by atoms with Crippen molar-refractivity contribution in [1.29, 1.82) is 0 Å². The van der Waals surface area contributed by atoms with Crippen LogP contribution in [0.5, 0.6) is 0 Å². The predicted octanol–water partition coefficient (Wildman–Crippen LogP) is 3.59. The van der Waals surface area contributed by atoms with Crippen LogP contribution in [0, 0.1) is 17.7 Å². The first-order valence-corrected chi connectivity index (χ1v) is 6.62. The Balaban J connectivity index is 2.23. The van der Waals surface area contributed by atoms with Crippen molar-refractivity contribution in [3.8, 4) is 11.8 Å². The maximum atomic E-state index is 13.7. The number of alkyl halides is 3. The average Bonchev–Trinajstić information content (AvgIpc) is 2.53. The number of fused-ring (bicyclic) bond motifs is 1. The van der Waals surface area contributed by atoms with Gasteiger partial charge in [0.25, 0.3) is 5.60 Å². The second kappa shape index (κ2) is 5.53.